The van der Waals surface area contributed by atoms with Gasteiger partial charge in [0.15, 0.2) is 4.30 Å². The number of rotatable bonds is 5. The zero-order chi connectivity index (χ0) is 11.4. The molecule has 0 saturated heterocycles. The molecule has 0 fully saturated rings. The van der Waals surface area contributed by atoms with Crippen molar-refractivity contribution in [2.75, 3.05) is 4.61 Å². The molecule has 14 heavy (non-hydrogen) atoms. The van der Waals surface area contributed by atoms with Crippen LogP contribution in [0.15, 0.2) is 0 Å². The van der Waals surface area contributed by atoms with Gasteiger partial charge in [-0.05, 0) is 29.0 Å². The van der Waals surface area contributed by atoms with Gasteiger partial charge in [-0.2, -0.15) is 0 Å². The molecule has 86 valence electrons. The first-order valence-corrected chi connectivity index (χ1v) is 7.01. The van der Waals surface area contributed by atoms with Crippen molar-refractivity contribution in [3.8, 4) is 0 Å². The molecule has 0 radical (unpaired) electrons. The molecule has 6 heteroatoms. The van der Waals surface area contributed by atoms with Crippen LogP contribution in [0.3, 0.4) is 0 Å². The molecular weight excluding hydrogens is 361 g/mol. The van der Waals surface area contributed by atoms with Crippen LogP contribution < -0.4 is 0 Å². The third-order valence-corrected chi connectivity index (χ3v) is 1.51. The minimum Gasteiger partial charge on any atom is -0.455 e. The van der Waals surface area contributed by atoms with Gasteiger partial charge in [0.25, 0.3) is 0 Å². The second-order valence-corrected chi connectivity index (χ2v) is 4.93. The Bertz CT molecular complexity index is 131. The lowest BCUT2D eigenvalue weighted by molar-refractivity contribution is -0.141. The standard InChI is InChI=1S/C7H13IO2.CHCl3/c1-2-3-4-5-7(9)10-6-8;2-1(3)4/h2-6H2,1H3;1H. The summed E-state index contributed by atoms with van der Waals surface area (Å²) in [4.78, 5) is 10.7. The van der Waals surface area contributed by atoms with Crippen molar-refractivity contribution in [3.05, 3.63) is 0 Å². The maximum Gasteiger partial charge on any atom is 0.306 e. The van der Waals surface area contributed by atoms with E-state index in [1.165, 1.54) is 0 Å². The Labute approximate surface area is 114 Å². The van der Waals surface area contributed by atoms with E-state index in [0.29, 0.717) is 11.0 Å². The van der Waals surface area contributed by atoms with E-state index in [1.54, 1.807) is 0 Å². The Hall–Kier alpha value is 1.07. The molecule has 0 amide bonds. The second-order valence-electron chi connectivity index (χ2n) is 2.33. The predicted octanol–water partition coefficient (Wildman–Crippen LogP) is 4.49. The van der Waals surface area contributed by atoms with Gasteiger partial charge in [0, 0.05) is 6.42 Å². The van der Waals surface area contributed by atoms with Crippen molar-refractivity contribution in [2.45, 2.75) is 36.9 Å². The van der Waals surface area contributed by atoms with Crippen LogP contribution in [0.2, 0.25) is 0 Å². The lowest BCUT2D eigenvalue weighted by Gasteiger charge is -1.98. The van der Waals surface area contributed by atoms with Gasteiger partial charge in [-0.1, -0.05) is 54.6 Å². The van der Waals surface area contributed by atoms with Crippen LogP contribution >= 0.6 is 57.4 Å². The van der Waals surface area contributed by atoms with Crippen LogP contribution in [0.25, 0.3) is 0 Å². The lowest BCUT2D eigenvalue weighted by Crippen LogP contribution is -2.01. The number of carbonyl (C=O) groups is 1. The van der Waals surface area contributed by atoms with Crippen LogP contribution in [0.1, 0.15) is 32.6 Å². The first-order valence-electron chi connectivity index (χ1n) is 4.18. The van der Waals surface area contributed by atoms with Gasteiger partial charge in [0.1, 0.15) is 4.61 Å². The van der Waals surface area contributed by atoms with E-state index in [0.717, 1.165) is 19.3 Å². The van der Waals surface area contributed by atoms with Crippen LogP contribution in [0.5, 0.6) is 0 Å². The van der Waals surface area contributed by atoms with Crippen molar-refractivity contribution in [1.82, 2.24) is 0 Å². The summed E-state index contributed by atoms with van der Waals surface area (Å²) in [6.07, 6.45) is 3.82. The zero-order valence-corrected chi connectivity index (χ0v) is 12.4. The summed E-state index contributed by atoms with van der Waals surface area (Å²) in [5.74, 6) is -0.0668. The summed E-state index contributed by atoms with van der Waals surface area (Å²) in [7, 11) is 0. The van der Waals surface area contributed by atoms with E-state index >= 15 is 0 Å². The fourth-order valence-corrected chi connectivity index (χ4v) is 1.000. The van der Waals surface area contributed by atoms with Crippen LogP contribution in [0, 0.1) is 0 Å². The molecule has 0 aliphatic carbocycles. The fourth-order valence-electron chi connectivity index (χ4n) is 0.652. The average molecular weight is 375 g/mol. The molecule has 0 aliphatic rings. The molecule has 0 N–H and O–H groups in total. The van der Waals surface area contributed by atoms with Crippen LogP contribution in [0.4, 0.5) is 0 Å². The molecule has 0 heterocycles. The maximum atomic E-state index is 10.7. The first-order chi connectivity index (χ1) is 6.54. The molecule has 0 spiro atoms. The highest BCUT2D eigenvalue weighted by molar-refractivity contribution is 14.1. The molecule has 0 saturated carbocycles. The number of carbonyl (C=O) groups excluding carboxylic acids is 1. The quantitative estimate of drug-likeness (QED) is 0.306. The summed E-state index contributed by atoms with van der Waals surface area (Å²) < 4.78 is 4.46. The van der Waals surface area contributed by atoms with Crippen LogP contribution in [-0.2, 0) is 9.53 Å². The molecule has 0 unspecified atom stereocenters. The summed E-state index contributed by atoms with van der Waals surface area (Å²) in [6.45, 7) is 2.11. The Balaban J connectivity index is 0. The Morgan fingerprint density at radius 1 is 1.36 bits per heavy atom. The van der Waals surface area contributed by atoms with Crippen molar-refractivity contribution < 1.29 is 9.53 Å². The number of esters is 1. The molecule has 0 aliphatic heterocycles. The van der Waals surface area contributed by atoms with E-state index in [4.69, 9.17) is 39.5 Å². The number of halogens is 4. The topological polar surface area (TPSA) is 26.3 Å². The predicted molar refractivity (Wildman–Crippen MR) is 70.5 cm³/mol. The summed E-state index contributed by atoms with van der Waals surface area (Å²) in [5.41, 5.74) is 0. The number of alkyl halides is 4. The van der Waals surface area contributed by atoms with Gasteiger partial charge in [-0.3, -0.25) is 4.79 Å². The lowest BCUT2D eigenvalue weighted by atomic mass is 10.2. The van der Waals surface area contributed by atoms with Gasteiger partial charge < -0.3 is 4.74 Å². The van der Waals surface area contributed by atoms with Crippen molar-refractivity contribution in [2.24, 2.45) is 0 Å². The number of hydrogen-bond donors (Lipinski definition) is 0. The number of unbranched alkanes of at least 4 members (excludes halogenated alkanes) is 2. The van der Waals surface area contributed by atoms with Crippen LogP contribution in [-0.4, -0.2) is 14.9 Å². The van der Waals surface area contributed by atoms with Gasteiger partial charge in [0.05, 0.1) is 0 Å². The van der Waals surface area contributed by atoms with E-state index in [1.807, 2.05) is 22.6 Å². The Kier molecular flexibility index (Phi) is 17.6. The second kappa shape index (κ2) is 14.1. The number of ether oxygens (including phenoxy) is 1. The Morgan fingerprint density at radius 2 is 1.86 bits per heavy atom. The van der Waals surface area contributed by atoms with Crippen molar-refractivity contribution >= 4 is 63.4 Å². The summed E-state index contributed by atoms with van der Waals surface area (Å²) in [6, 6.07) is 0. The minimum atomic E-state index is -0.750. The Morgan fingerprint density at radius 3 is 2.21 bits per heavy atom. The smallest absolute Gasteiger partial charge is 0.306 e. The number of hydrogen-bond acceptors (Lipinski definition) is 2. The van der Waals surface area contributed by atoms with Crippen molar-refractivity contribution in [3.63, 3.8) is 0 Å². The molecule has 0 bridgehead atoms. The molecule has 0 aromatic heterocycles. The van der Waals surface area contributed by atoms with E-state index in [2.05, 4.69) is 6.92 Å². The zero-order valence-electron chi connectivity index (χ0n) is 7.94. The van der Waals surface area contributed by atoms with Gasteiger partial charge in [0.2, 0.25) is 0 Å². The van der Waals surface area contributed by atoms with E-state index < -0.39 is 4.30 Å². The van der Waals surface area contributed by atoms with E-state index in [9.17, 15) is 4.79 Å². The van der Waals surface area contributed by atoms with Gasteiger partial charge in [-0.25, -0.2) is 0 Å². The monoisotopic (exact) mass is 374 g/mol. The molecule has 2 nitrogen and oxygen atoms in total. The minimum absolute atomic E-state index is 0.0668. The summed E-state index contributed by atoms with van der Waals surface area (Å²) in [5, 5.41) is 0. The molecule has 0 aromatic rings. The largest absolute Gasteiger partial charge is 0.455 e. The molecular formula is C8H14Cl3IO2. The third-order valence-electron chi connectivity index (χ3n) is 1.20. The molecule has 0 rings (SSSR count). The highest BCUT2D eigenvalue weighted by Gasteiger charge is 1.98. The highest BCUT2D eigenvalue weighted by atomic mass is 127. The van der Waals surface area contributed by atoms with E-state index in [-0.39, 0.29) is 5.97 Å². The fraction of sp³-hybridized carbons (Fsp3) is 0.875. The normalized spacial score (nSPS) is 9.29. The van der Waals surface area contributed by atoms with Gasteiger partial charge in [-0.15, -0.1) is 0 Å². The molecule has 0 aromatic carbocycles. The van der Waals surface area contributed by atoms with Crippen molar-refractivity contribution in [1.29, 1.82) is 0 Å². The summed E-state index contributed by atoms with van der Waals surface area (Å²) >= 11 is 16.4. The third kappa shape index (κ3) is 23.1. The average Bonchev–Trinajstić information content (AvgIpc) is 2.04. The van der Waals surface area contributed by atoms with Gasteiger partial charge >= 0.3 is 5.97 Å². The highest BCUT2D eigenvalue weighted by Crippen LogP contribution is 2.03. The first kappa shape index (κ1) is 17.5. The SMILES string of the molecule is CCCCCC(=O)OCI.ClC(Cl)Cl. The maximum absolute atomic E-state index is 10.7. The molecule has 0 atom stereocenters.